The molecule has 0 bridgehead atoms. The van der Waals surface area contributed by atoms with Crippen molar-refractivity contribution in [1.82, 2.24) is 15.1 Å². The van der Waals surface area contributed by atoms with Crippen LogP contribution in [0, 0.1) is 0 Å². The molecular formula is C15H25BrN4O. The summed E-state index contributed by atoms with van der Waals surface area (Å²) in [7, 11) is 0. The first-order valence-electron chi connectivity index (χ1n) is 7.80. The minimum Gasteiger partial charge on any atom is -0.368 e. The lowest BCUT2D eigenvalue weighted by Crippen LogP contribution is -2.39. The number of hydrogen-bond acceptors (Lipinski definition) is 4. The van der Waals surface area contributed by atoms with E-state index in [1.165, 1.54) is 17.5 Å². The quantitative estimate of drug-likeness (QED) is 0.850. The smallest absolute Gasteiger partial charge is 0.283 e. The summed E-state index contributed by atoms with van der Waals surface area (Å²) in [6.07, 6.45) is 5.30. The lowest BCUT2D eigenvalue weighted by Gasteiger charge is -2.28. The first kappa shape index (κ1) is 16.5. The fourth-order valence-corrected chi connectivity index (χ4v) is 3.32. The molecule has 2 rings (SSSR count). The molecule has 5 nitrogen and oxygen atoms in total. The van der Waals surface area contributed by atoms with E-state index in [0.29, 0.717) is 10.5 Å². The van der Waals surface area contributed by atoms with Gasteiger partial charge in [0.15, 0.2) is 0 Å². The van der Waals surface area contributed by atoms with Crippen molar-refractivity contribution < 1.29 is 0 Å². The minimum atomic E-state index is -0.0528. The lowest BCUT2D eigenvalue weighted by atomic mass is 10.2. The van der Waals surface area contributed by atoms with Crippen molar-refractivity contribution >= 4 is 21.6 Å². The molecule has 1 saturated heterocycles. The summed E-state index contributed by atoms with van der Waals surface area (Å²) in [5.74, 6) is 0. The van der Waals surface area contributed by atoms with Gasteiger partial charge in [0.05, 0.1) is 17.9 Å². The van der Waals surface area contributed by atoms with Crippen LogP contribution in [-0.2, 0) is 0 Å². The van der Waals surface area contributed by atoms with E-state index < -0.39 is 0 Å². The van der Waals surface area contributed by atoms with E-state index in [4.69, 9.17) is 0 Å². The second-order valence-corrected chi connectivity index (χ2v) is 6.72. The molecule has 1 aliphatic rings. The van der Waals surface area contributed by atoms with Crippen LogP contribution in [0.15, 0.2) is 15.5 Å². The topological polar surface area (TPSA) is 50.2 Å². The van der Waals surface area contributed by atoms with E-state index in [2.05, 4.69) is 38.2 Å². The predicted octanol–water partition coefficient (Wildman–Crippen LogP) is 2.56. The summed E-state index contributed by atoms with van der Waals surface area (Å²) in [6.45, 7) is 9.05. The van der Waals surface area contributed by atoms with Gasteiger partial charge in [-0.3, -0.25) is 4.79 Å². The molecule has 2 heterocycles. The second kappa shape index (κ2) is 7.40. The Hall–Kier alpha value is -0.880. The Morgan fingerprint density at radius 2 is 2.33 bits per heavy atom. The Morgan fingerprint density at radius 3 is 2.90 bits per heavy atom. The lowest BCUT2D eigenvalue weighted by molar-refractivity contribution is 0.498. The van der Waals surface area contributed by atoms with Gasteiger partial charge in [0.25, 0.3) is 5.56 Å². The molecule has 1 atom stereocenters. The molecule has 0 saturated carbocycles. The molecule has 1 aromatic rings. The largest absolute Gasteiger partial charge is 0.368 e. The zero-order valence-corrected chi connectivity index (χ0v) is 14.7. The van der Waals surface area contributed by atoms with E-state index in [9.17, 15) is 4.79 Å². The van der Waals surface area contributed by atoms with E-state index >= 15 is 0 Å². The molecule has 21 heavy (non-hydrogen) atoms. The first-order valence-corrected chi connectivity index (χ1v) is 8.59. The van der Waals surface area contributed by atoms with Gasteiger partial charge in [0, 0.05) is 19.1 Å². The summed E-state index contributed by atoms with van der Waals surface area (Å²) in [5.41, 5.74) is 0.857. The van der Waals surface area contributed by atoms with E-state index in [0.717, 1.165) is 31.7 Å². The van der Waals surface area contributed by atoms with Crippen molar-refractivity contribution in [2.45, 2.75) is 52.1 Å². The van der Waals surface area contributed by atoms with Crippen LogP contribution in [0.3, 0.4) is 0 Å². The number of nitrogens with zero attached hydrogens (tertiary/aromatic N) is 3. The molecule has 1 fully saturated rings. The molecular weight excluding hydrogens is 332 g/mol. The summed E-state index contributed by atoms with van der Waals surface area (Å²) < 4.78 is 2.14. The number of hydrogen-bond donors (Lipinski definition) is 1. The minimum absolute atomic E-state index is 0.0528. The predicted molar refractivity (Wildman–Crippen MR) is 90.1 cm³/mol. The maximum Gasteiger partial charge on any atom is 0.283 e. The molecule has 0 radical (unpaired) electrons. The monoisotopic (exact) mass is 356 g/mol. The SMILES string of the molecule is CCCN(CC1CCCN1)c1cnn(C(C)C)c(=O)c1Br. The van der Waals surface area contributed by atoms with Gasteiger partial charge in [0.1, 0.15) is 4.47 Å². The van der Waals surface area contributed by atoms with Crippen LogP contribution in [0.5, 0.6) is 0 Å². The zero-order valence-electron chi connectivity index (χ0n) is 13.1. The molecule has 118 valence electrons. The Kier molecular flexibility index (Phi) is 5.81. The fourth-order valence-electron chi connectivity index (χ4n) is 2.78. The second-order valence-electron chi connectivity index (χ2n) is 5.93. The summed E-state index contributed by atoms with van der Waals surface area (Å²) in [6, 6.07) is 0.579. The third kappa shape index (κ3) is 3.86. The molecule has 6 heteroatoms. The van der Waals surface area contributed by atoms with Crippen molar-refractivity contribution in [2.24, 2.45) is 0 Å². The van der Waals surface area contributed by atoms with Gasteiger partial charge in [-0.25, -0.2) is 4.68 Å². The van der Waals surface area contributed by atoms with Crippen molar-refractivity contribution in [3.63, 3.8) is 0 Å². The summed E-state index contributed by atoms with van der Waals surface area (Å²) in [4.78, 5) is 14.7. The van der Waals surface area contributed by atoms with Gasteiger partial charge in [-0.15, -0.1) is 0 Å². The molecule has 1 unspecified atom stereocenters. The molecule has 1 aromatic heterocycles. The third-order valence-electron chi connectivity index (χ3n) is 3.85. The Morgan fingerprint density at radius 1 is 1.57 bits per heavy atom. The van der Waals surface area contributed by atoms with Crippen molar-refractivity contribution in [3.05, 3.63) is 21.0 Å². The highest BCUT2D eigenvalue weighted by molar-refractivity contribution is 9.10. The van der Waals surface area contributed by atoms with Gasteiger partial charge in [0.2, 0.25) is 0 Å². The van der Waals surface area contributed by atoms with E-state index in [1.54, 1.807) is 0 Å². The maximum absolute atomic E-state index is 12.4. The molecule has 1 N–H and O–H groups in total. The van der Waals surface area contributed by atoms with Crippen LogP contribution in [0.4, 0.5) is 5.69 Å². The number of aromatic nitrogens is 2. The highest BCUT2D eigenvalue weighted by Crippen LogP contribution is 2.23. The normalized spacial score (nSPS) is 18.4. The third-order valence-corrected chi connectivity index (χ3v) is 4.60. The van der Waals surface area contributed by atoms with Gasteiger partial charge >= 0.3 is 0 Å². The van der Waals surface area contributed by atoms with Gasteiger partial charge < -0.3 is 10.2 Å². The number of rotatable bonds is 6. The molecule has 0 aromatic carbocycles. The van der Waals surface area contributed by atoms with E-state index in [1.807, 2.05) is 20.0 Å². The van der Waals surface area contributed by atoms with Crippen molar-refractivity contribution in [1.29, 1.82) is 0 Å². The number of halogens is 1. The van der Waals surface area contributed by atoms with Crippen LogP contribution < -0.4 is 15.8 Å². The summed E-state index contributed by atoms with van der Waals surface area (Å²) in [5, 5.41) is 7.85. The van der Waals surface area contributed by atoms with Crippen molar-refractivity contribution in [3.8, 4) is 0 Å². The highest BCUT2D eigenvalue weighted by atomic mass is 79.9. The van der Waals surface area contributed by atoms with Gasteiger partial charge in [-0.1, -0.05) is 6.92 Å². The summed E-state index contributed by atoms with van der Waals surface area (Å²) >= 11 is 3.48. The van der Waals surface area contributed by atoms with Crippen LogP contribution in [-0.4, -0.2) is 35.5 Å². The van der Waals surface area contributed by atoms with Crippen LogP contribution in [0.2, 0.25) is 0 Å². The number of anilines is 1. The molecule has 1 aliphatic heterocycles. The Bertz CT molecular complexity index is 523. The fraction of sp³-hybridized carbons (Fsp3) is 0.733. The highest BCUT2D eigenvalue weighted by Gasteiger charge is 2.21. The van der Waals surface area contributed by atoms with Gasteiger partial charge in [-0.2, -0.15) is 5.10 Å². The van der Waals surface area contributed by atoms with Gasteiger partial charge in [-0.05, 0) is 55.6 Å². The molecule has 0 spiro atoms. The standard InChI is InChI=1S/C15H25BrN4O/c1-4-8-19(10-12-6-5-7-17-12)13-9-18-20(11(2)3)15(21)14(13)16/h9,11-12,17H,4-8,10H2,1-3H3. The zero-order chi connectivity index (χ0) is 15.4. The van der Waals surface area contributed by atoms with Crippen molar-refractivity contribution in [2.75, 3.05) is 24.5 Å². The van der Waals surface area contributed by atoms with Crippen LogP contribution >= 0.6 is 15.9 Å². The Labute approximate surface area is 134 Å². The molecule has 0 amide bonds. The number of nitrogens with one attached hydrogen (secondary N) is 1. The Balaban J connectivity index is 2.27. The maximum atomic E-state index is 12.4. The van der Waals surface area contributed by atoms with E-state index in [-0.39, 0.29) is 11.6 Å². The van der Waals surface area contributed by atoms with Crippen LogP contribution in [0.1, 0.15) is 46.1 Å². The average Bonchev–Trinajstić information content (AvgIpc) is 2.94. The first-order chi connectivity index (χ1) is 10.0. The average molecular weight is 357 g/mol. The van der Waals surface area contributed by atoms with Crippen LogP contribution in [0.25, 0.3) is 0 Å². The molecule has 0 aliphatic carbocycles.